The maximum absolute atomic E-state index is 9.42. The lowest BCUT2D eigenvalue weighted by Gasteiger charge is -2.34. The number of benzene rings is 1. The maximum Gasteiger partial charge on any atom is 0.492 e. The fourth-order valence-electron chi connectivity index (χ4n) is 2.83. The van der Waals surface area contributed by atoms with Gasteiger partial charge in [0.05, 0.1) is 7.11 Å². The second-order valence-corrected chi connectivity index (χ2v) is 5.57. The van der Waals surface area contributed by atoms with Gasteiger partial charge in [0, 0.05) is 38.2 Å². The van der Waals surface area contributed by atoms with Crippen LogP contribution in [0.4, 0.5) is 0 Å². The van der Waals surface area contributed by atoms with Crippen molar-refractivity contribution in [1.82, 2.24) is 9.80 Å². The molecule has 0 aliphatic carbocycles. The van der Waals surface area contributed by atoms with E-state index < -0.39 is 7.12 Å². The van der Waals surface area contributed by atoms with Crippen molar-refractivity contribution in [3.63, 3.8) is 0 Å². The highest BCUT2D eigenvalue weighted by molar-refractivity contribution is 6.59. The zero-order chi connectivity index (χ0) is 15.2. The van der Waals surface area contributed by atoms with Gasteiger partial charge in [0.1, 0.15) is 5.75 Å². The molecule has 1 saturated heterocycles. The molecule has 0 radical (unpaired) electrons. The van der Waals surface area contributed by atoms with Gasteiger partial charge in [-0.1, -0.05) is 19.1 Å². The topological polar surface area (TPSA) is 56.2 Å². The van der Waals surface area contributed by atoms with Crippen molar-refractivity contribution in [3.05, 3.63) is 23.8 Å². The van der Waals surface area contributed by atoms with Crippen molar-refractivity contribution in [2.75, 3.05) is 39.8 Å². The molecular formula is C15H25BN2O3. The van der Waals surface area contributed by atoms with E-state index in [2.05, 4.69) is 16.7 Å². The van der Waals surface area contributed by atoms with Crippen molar-refractivity contribution < 1.29 is 14.8 Å². The van der Waals surface area contributed by atoms with Crippen LogP contribution in [-0.2, 0) is 6.54 Å². The number of rotatable bonds is 6. The van der Waals surface area contributed by atoms with Crippen molar-refractivity contribution >= 4 is 12.6 Å². The molecule has 1 aromatic rings. The van der Waals surface area contributed by atoms with Gasteiger partial charge in [-0.15, -0.1) is 0 Å². The fraction of sp³-hybridized carbons (Fsp3) is 0.600. The minimum absolute atomic E-state index is 0.430. The van der Waals surface area contributed by atoms with Gasteiger partial charge < -0.3 is 19.7 Å². The molecule has 0 bridgehead atoms. The summed E-state index contributed by atoms with van der Waals surface area (Å²) < 4.78 is 5.15. The summed E-state index contributed by atoms with van der Waals surface area (Å²) in [7, 11) is 0.0368. The first-order valence-corrected chi connectivity index (χ1v) is 7.61. The average Bonchev–Trinajstić information content (AvgIpc) is 2.49. The zero-order valence-electron chi connectivity index (χ0n) is 13.0. The molecule has 0 spiro atoms. The molecule has 1 aromatic carbocycles. The molecule has 0 atom stereocenters. The quantitative estimate of drug-likeness (QED) is 0.717. The predicted molar refractivity (Wildman–Crippen MR) is 84.8 cm³/mol. The molecule has 1 fully saturated rings. The van der Waals surface area contributed by atoms with Crippen LogP contribution in [0.2, 0.25) is 0 Å². The highest BCUT2D eigenvalue weighted by Gasteiger charge is 2.20. The molecule has 5 nitrogen and oxygen atoms in total. The van der Waals surface area contributed by atoms with Crippen LogP contribution in [0.1, 0.15) is 18.9 Å². The molecule has 0 amide bonds. The van der Waals surface area contributed by atoms with E-state index in [1.165, 1.54) is 20.1 Å². The Morgan fingerprint density at radius 2 is 1.81 bits per heavy atom. The third-order valence-electron chi connectivity index (χ3n) is 3.98. The SMILES string of the molecule is CCCN1CCN(Cc2ccc(OC)c(B(O)O)c2)CC1. The van der Waals surface area contributed by atoms with Crippen LogP contribution < -0.4 is 10.2 Å². The Hall–Kier alpha value is -1.08. The zero-order valence-corrected chi connectivity index (χ0v) is 13.0. The normalized spacial score (nSPS) is 17.0. The summed E-state index contributed by atoms with van der Waals surface area (Å²) in [5, 5.41) is 18.8. The number of piperazine rings is 1. The van der Waals surface area contributed by atoms with Gasteiger partial charge >= 0.3 is 7.12 Å². The summed E-state index contributed by atoms with van der Waals surface area (Å²) in [4.78, 5) is 4.90. The van der Waals surface area contributed by atoms with E-state index >= 15 is 0 Å². The minimum atomic E-state index is -1.50. The number of hydrogen-bond donors (Lipinski definition) is 2. The molecule has 6 heteroatoms. The Balaban J connectivity index is 1.96. The monoisotopic (exact) mass is 292 g/mol. The average molecular weight is 292 g/mol. The lowest BCUT2D eigenvalue weighted by atomic mass is 9.78. The number of methoxy groups -OCH3 is 1. The second-order valence-electron chi connectivity index (χ2n) is 5.57. The van der Waals surface area contributed by atoms with Crippen LogP contribution in [0, 0.1) is 0 Å². The van der Waals surface area contributed by atoms with Crippen LogP contribution in [0.15, 0.2) is 18.2 Å². The van der Waals surface area contributed by atoms with Gasteiger partial charge in [0.15, 0.2) is 0 Å². The fourth-order valence-corrected chi connectivity index (χ4v) is 2.83. The minimum Gasteiger partial charge on any atom is -0.497 e. The number of nitrogens with zero attached hydrogens (tertiary/aromatic N) is 2. The van der Waals surface area contributed by atoms with E-state index in [-0.39, 0.29) is 0 Å². The maximum atomic E-state index is 9.42. The van der Waals surface area contributed by atoms with E-state index in [4.69, 9.17) is 4.74 Å². The Bertz CT molecular complexity index is 449. The van der Waals surface area contributed by atoms with E-state index in [1.807, 2.05) is 12.1 Å². The van der Waals surface area contributed by atoms with Gasteiger partial charge in [-0.2, -0.15) is 0 Å². The summed E-state index contributed by atoms with van der Waals surface area (Å²) in [6.07, 6.45) is 1.20. The first-order valence-electron chi connectivity index (χ1n) is 7.61. The highest BCUT2D eigenvalue weighted by Crippen LogP contribution is 2.13. The Morgan fingerprint density at radius 3 is 2.38 bits per heavy atom. The summed E-state index contributed by atoms with van der Waals surface area (Å²) in [6.45, 7) is 8.57. The Morgan fingerprint density at radius 1 is 1.14 bits per heavy atom. The van der Waals surface area contributed by atoms with Crippen molar-refractivity contribution in [3.8, 4) is 5.75 Å². The lowest BCUT2D eigenvalue weighted by molar-refractivity contribution is 0.127. The Kier molecular flexibility index (Phi) is 6.05. The summed E-state index contributed by atoms with van der Waals surface area (Å²) in [6, 6.07) is 5.61. The van der Waals surface area contributed by atoms with Gasteiger partial charge in [0.25, 0.3) is 0 Å². The molecule has 2 N–H and O–H groups in total. The summed E-state index contributed by atoms with van der Waals surface area (Å²) in [5.41, 5.74) is 1.52. The third-order valence-corrected chi connectivity index (χ3v) is 3.98. The molecule has 2 rings (SSSR count). The van der Waals surface area contributed by atoms with Crippen LogP contribution in [0.25, 0.3) is 0 Å². The van der Waals surface area contributed by atoms with Gasteiger partial charge in [-0.05, 0) is 24.6 Å². The van der Waals surface area contributed by atoms with E-state index in [9.17, 15) is 10.0 Å². The van der Waals surface area contributed by atoms with Crippen molar-refractivity contribution in [2.45, 2.75) is 19.9 Å². The molecule has 1 heterocycles. The van der Waals surface area contributed by atoms with Crippen LogP contribution in [-0.4, -0.2) is 66.8 Å². The summed E-state index contributed by atoms with van der Waals surface area (Å²) in [5.74, 6) is 0.515. The highest BCUT2D eigenvalue weighted by atomic mass is 16.5. The lowest BCUT2D eigenvalue weighted by Crippen LogP contribution is -2.46. The van der Waals surface area contributed by atoms with Gasteiger partial charge in [-0.3, -0.25) is 4.90 Å². The van der Waals surface area contributed by atoms with E-state index in [0.717, 1.165) is 38.3 Å². The second kappa shape index (κ2) is 7.80. The largest absolute Gasteiger partial charge is 0.497 e. The van der Waals surface area contributed by atoms with Crippen molar-refractivity contribution in [2.24, 2.45) is 0 Å². The molecule has 21 heavy (non-hydrogen) atoms. The molecule has 0 saturated carbocycles. The molecule has 1 aliphatic rings. The molecular weight excluding hydrogens is 267 g/mol. The molecule has 0 unspecified atom stereocenters. The summed E-state index contributed by atoms with van der Waals surface area (Å²) >= 11 is 0. The van der Waals surface area contributed by atoms with E-state index in [0.29, 0.717) is 11.2 Å². The Labute approximate surface area is 127 Å². The van der Waals surface area contributed by atoms with Gasteiger partial charge in [-0.25, -0.2) is 0 Å². The molecule has 1 aliphatic heterocycles. The first-order chi connectivity index (χ1) is 10.1. The first kappa shape index (κ1) is 16.3. The van der Waals surface area contributed by atoms with Crippen LogP contribution in [0.5, 0.6) is 5.75 Å². The number of ether oxygens (including phenoxy) is 1. The number of hydrogen-bond acceptors (Lipinski definition) is 5. The molecule has 0 aromatic heterocycles. The standard InChI is InChI=1S/C15H25BN2O3/c1-3-6-17-7-9-18(10-8-17)12-13-4-5-15(21-2)14(11-13)16(19)20/h4-5,11,19-20H,3,6-10,12H2,1-2H3. The van der Waals surface area contributed by atoms with E-state index in [1.54, 1.807) is 6.07 Å². The van der Waals surface area contributed by atoms with Crippen LogP contribution >= 0.6 is 0 Å². The predicted octanol–water partition coefficient (Wildman–Crippen LogP) is -0.0974. The molecule has 116 valence electrons. The smallest absolute Gasteiger partial charge is 0.492 e. The third kappa shape index (κ3) is 4.44. The van der Waals surface area contributed by atoms with Crippen LogP contribution in [0.3, 0.4) is 0 Å². The van der Waals surface area contributed by atoms with Crippen molar-refractivity contribution in [1.29, 1.82) is 0 Å². The van der Waals surface area contributed by atoms with Gasteiger partial charge in [0.2, 0.25) is 0 Å².